The highest BCUT2D eigenvalue weighted by Gasteiger charge is 2.19. The summed E-state index contributed by atoms with van der Waals surface area (Å²) in [6.07, 6.45) is 0. The molecule has 0 saturated carbocycles. The lowest BCUT2D eigenvalue weighted by atomic mass is 10.2. The van der Waals surface area contributed by atoms with E-state index in [1.807, 2.05) is 19.2 Å². The number of likely N-dealkylation sites (N-methyl/N-ethyl adjacent to an activating group) is 1. The van der Waals surface area contributed by atoms with Gasteiger partial charge in [0.05, 0.1) is 22.8 Å². The van der Waals surface area contributed by atoms with Crippen LogP contribution in [0.4, 0.5) is 11.4 Å². The van der Waals surface area contributed by atoms with Crippen LogP contribution in [0.25, 0.3) is 0 Å². The summed E-state index contributed by atoms with van der Waals surface area (Å²) in [5.74, 6) is 0.693. The van der Waals surface area contributed by atoms with Crippen molar-refractivity contribution in [1.29, 1.82) is 0 Å². The Labute approximate surface area is 130 Å². The van der Waals surface area contributed by atoms with E-state index in [-0.39, 0.29) is 4.90 Å². The minimum atomic E-state index is -3.60. The molecule has 0 fully saturated rings. The van der Waals surface area contributed by atoms with Crippen molar-refractivity contribution in [3.63, 3.8) is 0 Å². The van der Waals surface area contributed by atoms with E-state index < -0.39 is 10.0 Å². The van der Waals surface area contributed by atoms with Gasteiger partial charge in [-0.1, -0.05) is 18.2 Å². The molecule has 5 nitrogen and oxygen atoms in total. The van der Waals surface area contributed by atoms with Crippen molar-refractivity contribution in [2.45, 2.75) is 11.8 Å². The molecule has 1 N–H and O–H groups in total. The van der Waals surface area contributed by atoms with Crippen LogP contribution in [-0.4, -0.2) is 28.6 Å². The number of rotatable bonds is 3. The van der Waals surface area contributed by atoms with Gasteiger partial charge in [-0.15, -0.1) is 0 Å². The quantitative estimate of drug-likeness (QED) is 0.945. The lowest BCUT2D eigenvalue weighted by Gasteiger charge is -2.28. The summed E-state index contributed by atoms with van der Waals surface area (Å²) < 4.78 is 33.2. The summed E-state index contributed by atoms with van der Waals surface area (Å²) in [6, 6.07) is 12.2. The van der Waals surface area contributed by atoms with Gasteiger partial charge in [0.25, 0.3) is 10.0 Å². The number of anilines is 2. The van der Waals surface area contributed by atoms with Crippen LogP contribution < -0.4 is 14.4 Å². The Morgan fingerprint density at radius 2 is 1.95 bits per heavy atom. The topological polar surface area (TPSA) is 58.6 Å². The lowest BCUT2D eigenvalue weighted by Crippen LogP contribution is -2.28. The van der Waals surface area contributed by atoms with Gasteiger partial charge in [0.15, 0.2) is 0 Å². The lowest BCUT2D eigenvalue weighted by molar-refractivity contribution is 0.311. The minimum absolute atomic E-state index is 0.283. The summed E-state index contributed by atoms with van der Waals surface area (Å²) in [5, 5.41) is 0. The summed E-state index contributed by atoms with van der Waals surface area (Å²) in [4.78, 5) is 2.36. The second kappa shape index (κ2) is 5.53. The maximum absolute atomic E-state index is 12.5. The number of aryl methyl sites for hydroxylation is 1. The number of ether oxygens (including phenoxy) is 1. The number of hydrogen-bond acceptors (Lipinski definition) is 4. The van der Waals surface area contributed by atoms with Crippen molar-refractivity contribution in [3.05, 3.63) is 48.0 Å². The normalized spacial score (nSPS) is 14.2. The molecule has 0 amide bonds. The van der Waals surface area contributed by atoms with E-state index in [9.17, 15) is 8.42 Å². The molecule has 0 radical (unpaired) electrons. The van der Waals surface area contributed by atoms with E-state index in [4.69, 9.17) is 4.74 Å². The van der Waals surface area contributed by atoms with E-state index in [0.29, 0.717) is 23.6 Å². The van der Waals surface area contributed by atoms with Gasteiger partial charge >= 0.3 is 0 Å². The van der Waals surface area contributed by atoms with Gasteiger partial charge in [0, 0.05) is 13.1 Å². The van der Waals surface area contributed by atoms with Crippen LogP contribution in [-0.2, 0) is 10.0 Å². The van der Waals surface area contributed by atoms with Crippen LogP contribution in [0.2, 0.25) is 0 Å². The second-order valence-electron chi connectivity index (χ2n) is 5.32. The Hall–Kier alpha value is -2.21. The van der Waals surface area contributed by atoms with Gasteiger partial charge in [0.1, 0.15) is 12.4 Å². The fourth-order valence-electron chi connectivity index (χ4n) is 2.49. The van der Waals surface area contributed by atoms with Crippen LogP contribution in [0, 0.1) is 6.92 Å². The molecular weight excluding hydrogens is 300 g/mol. The van der Waals surface area contributed by atoms with Crippen molar-refractivity contribution in [3.8, 4) is 5.75 Å². The Bertz CT molecular complexity index is 803. The zero-order chi connectivity index (χ0) is 15.7. The minimum Gasteiger partial charge on any atom is -0.489 e. The molecule has 0 bridgehead atoms. The molecule has 1 heterocycles. The van der Waals surface area contributed by atoms with E-state index >= 15 is 0 Å². The van der Waals surface area contributed by atoms with E-state index in [1.54, 1.807) is 37.3 Å². The number of fused-ring (bicyclic) bond motifs is 1. The fourth-order valence-corrected chi connectivity index (χ4v) is 3.79. The molecule has 22 heavy (non-hydrogen) atoms. The first-order valence-electron chi connectivity index (χ1n) is 7.04. The maximum atomic E-state index is 12.5. The summed E-state index contributed by atoms with van der Waals surface area (Å²) >= 11 is 0. The molecule has 0 unspecified atom stereocenters. The van der Waals surface area contributed by atoms with Gasteiger partial charge in [0.2, 0.25) is 0 Å². The molecular formula is C16H18N2O3S. The van der Waals surface area contributed by atoms with E-state index in [2.05, 4.69) is 9.62 Å². The maximum Gasteiger partial charge on any atom is 0.262 e. The first-order valence-corrected chi connectivity index (χ1v) is 8.52. The molecule has 0 aliphatic carbocycles. The zero-order valence-corrected chi connectivity index (χ0v) is 13.4. The first-order chi connectivity index (χ1) is 10.5. The van der Waals surface area contributed by atoms with Gasteiger partial charge in [-0.2, -0.15) is 0 Å². The smallest absolute Gasteiger partial charge is 0.262 e. The molecule has 3 rings (SSSR count). The highest BCUT2D eigenvalue weighted by molar-refractivity contribution is 7.92. The van der Waals surface area contributed by atoms with Crippen molar-refractivity contribution >= 4 is 21.4 Å². The van der Waals surface area contributed by atoms with Crippen LogP contribution in [0.1, 0.15) is 5.56 Å². The van der Waals surface area contributed by atoms with Crippen molar-refractivity contribution in [2.24, 2.45) is 0 Å². The fraction of sp³-hybridized carbons (Fsp3) is 0.250. The molecule has 116 valence electrons. The second-order valence-corrected chi connectivity index (χ2v) is 6.97. The van der Waals surface area contributed by atoms with Crippen LogP contribution in [0.3, 0.4) is 0 Å². The SMILES string of the molecule is Cc1ccccc1S(=O)(=O)Nc1ccc2c(c1)OCCN2C. The standard InChI is InChI=1S/C16H18N2O3S/c1-12-5-3-4-6-16(12)22(19,20)17-13-7-8-14-15(11-13)21-10-9-18(14)2/h3-8,11,17H,9-10H2,1-2H3. The largest absolute Gasteiger partial charge is 0.489 e. The van der Waals surface area contributed by atoms with E-state index in [0.717, 1.165) is 12.2 Å². The van der Waals surface area contributed by atoms with Gasteiger partial charge in [-0.25, -0.2) is 8.42 Å². The highest BCUT2D eigenvalue weighted by Crippen LogP contribution is 2.33. The summed E-state index contributed by atoms with van der Waals surface area (Å²) in [7, 11) is -1.62. The Kier molecular flexibility index (Phi) is 3.70. The molecule has 0 aromatic heterocycles. The van der Waals surface area contributed by atoms with Crippen LogP contribution in [0.5, 0.6) is 5.75 Å². The Morgan fingerprint density at radius 1 is 1.18 bits per heavy atom. The molecule has 0 saturated heterocycles. The van der Waals surface area contributed by atoms with Crippen molar-refractivity contribution in [2.75, 3.05) is 29.8 Å². The third-order valence-corrected chi connectivity index (χ3v) is 5.23. The summed E-state index contributed by atoms with van der Waals surface area (Å²) in [6.45, 7) is 3.19. The number of benzene rings is 2. The van der Waals surface area contributed by atoms with Gasteiger partial charge < -0.3 is 9.64 Å². The molecule has 2 aromatic rings. The average molecular weight is 318 g/mol. The molecule has 2 aromatic carbocycles. The van der Waals surface area contributed by atoms with Crippen LogP contribution in [0.15, 0.2) is 47.4 Å². The number of nitrogens with one attached hydrogen (secondary N) is 1. The third kappa shape index (κ3) is 2.74. The van der Waals surface area contributed by atoms with Crippen molar-refractivity contribution < 1.29 is 13.2 Å². The summed E-state index contributed by atoms with van der Waals surface area (Å²) in [5.41, 5.74) is 2.17. The number of sulfonamides is 1. The third-order valence-electron chi connectivity index (χ3n) is 3.69. The van der Waals surface area contributed by atoms with Gasteiger partial charge in [-0.3, -0.25) is 4.72 Å². The molecule has 1 aliphatic rings. The predicted octanol–water partition coefficient (Wildman–Crippen LogP) is 2.62. The molecule has 1 aliphatic heterocycles. The van der Waals surface area contributed by atoms with Gasteiger partial charge in [-0.05, 0) is 30.7 Å². The monoisotopic (exact) mass is 318 g/mol. The molecule has 6 heteroatoms. The number of hydrogen-bond donors (Lipinski definition) is 1. The highest BCUT2D eigenvalue weighted by atomic mass is 32.2. The predicted molar refractivity (Wildman–Crippen MR) is 87.2 cm³/mol. The van der Waals surface area contributed by atoms with E-state index in [1.165, 1.54) is 0 Å². The van der Waals surface area contributed by atoms with Crippen LogP contribution >= 0.6 is 0 Å². The Morgan fingerprint density at radius 3 is 2.73 bits per heavy atom. The Balaban J connectivity index is 1.92. The molecule has 0 spiro atoms. The van der Waals surface area contributed by atoms with Crippen molar-refractivity contribution in [1.82, 2.24) is 0 Å². The number of nitrogens with zero attached hydrogens (tertiary/aromatic N) is 1. The molecule has 0 atom stereocenters. The first kappa shape index (κ1) is 14.7. The zero-order valence-electron chi connectivity index (χ0n) is 12.5. The average Bonchev–Trinajstić information content (AvgIpc) is 2.47.